The number of aliphatic carboxylic acids is 1. The van der Waals surface area contributed by atoms with Crippen molar-refractivity contribution in [2.24, 2.45) is 5.92 Å². The summed E-state index contributed by atoms with van der Waals surface area (Å²) in [5.41, 5.74) is -0.986. The first-order valence-corrected chi connectivity index (χ1v) is 9.05. The van der Waals surface area contributed by atoms with Gasteiger partial charge < -0.3 is 10.2 Å². The van der Waals surface area contributed by atoms with Crippen LogP contribution >= 0.6 is 0 Å². The molecule has 0 heterocycles. The summed E-state index contributed by atoms with van der Waals surface area (Å²) in [7, 11) is 0. The average Bonchev–Trinajstić information content (AvgIpc) is 2.43. The molecule has 0 aromatic rings. The summed E-state index contributed by atoms with van der Waals surface area (Å²) in [4.78, 5) is 11.6. The number of carboxylic acid groups (broad SMARTS) is 1. The number of hydrogen-bond acceptors (Lipinski definition) is 2. The van der Waals surface area contributed by atoms with Crippen molar-refractivity contribution in [3.05, 3.63) is 0 Å². The van der Waals surface area contributed by atoms with Gasteiger partial charge in [0.15, 0.2) is 0 Å². The molecular formula is C18H34O3. The Labute approximate surface area is 130 Å². The molecule has 3 nitrogen and oxygen atoms in total. The molecule has 1 fully saturated rings. The zero-order valence-electron chi connectivity index (χ0n) is 13.8. The Morgan fingerprint density at radius 1 is 0.952 bits per heavy atom. The van der Waals surface area contributed by atoms with Gasteiger partial charge in [0.1, 0.15) is 0 Å². The summed E-state index contributed by atoms with van der Waals surface area (Å²) in [6.07, 6.45) is 14.4. The fraction of sp³-hybridized carbons (Fsp3) is 0.944. The highest BCUT2D eigenvalue weighted by atomic mass is 16.4. The van der Waals surface area contributed by atoms with Gasteiger partial charge in [-0.15, -0.1) is 0 Å². The molecule has 0 saturated heterocycles. The fourth-order valence-electron chi connectivity index (χ4n) is 3.60. The van der Waals surface area contributed by atoms with Crippen LogP contribution in [0.5, 0.6) is 0 Å². The third kappa shape index (κ3) is 6.82. The van der Waals surface area contributed by atoms with Gasteiger partial charge in [-0.25, -0.2) is 0 Å². The molecule has 1 rings (SSSR count). The number of unbranched alkanes of at least 4 members (excludes halogenated alkanes) is 1. The van der Waals surface area contributed by atoms with E-state index in [-0.39, 0.29) is 0 Å². The van der Waals surface area contributed by atoms with Gasteiger partial charge in [0.2, 0.25) is 0 Å². The summed E-state index contributed by atoms with van der Waals surface area (Å²) >= 11 is 0. The van der Waals surface area contributed by atoms with Crippen LogP contribution in [0.15, 0.2) is 0 Å². The first-order valence-electron chi connectivity index (χ1n) is 9.05. The van der Waals surface area contributed by atoms with Crippen molar-refractivity contribution >= 4 is 5.97 Å². The summed E-state index contributed by atoms with van der Waals surface area (Å²) in [5, 5.41) is 20.6. The highest BCUT2D eigenvalue weighted by molar-refractivity contribution is 5.71. The largest absolute Gasteiger partial charge is 0.481 e. The number of hydrogen-bond donors (Lipinski definition) is 2. The van der Waals surface area contributed by atoms with Crippen molar-refractivity contribution in [2.45, 2.75) is 102 Å². The lowest BCUT2D eigenvalue weighted by atomic mass is 9.76. The maximum absolute atomic E-state index is 11.6. The van der Waals surface area contributed by atoms with Crippen LogP contribution in [-0.4, -0.2) is 21.8 Å². The third-order valence-corrected chi connectivity index (χ3v) is 5.01. The van der Waals surface area contributed by atoms with E-state index >= 15 is 0 Å². The lowest BCUT2D eigenvalue weighted by Crippen LogP contribution is -2.42. The van der Waals surface area contributed by atoms with Crippen LogP contribution in [0.25, 0.3) is 0 Å². The quantitative estimate of drug-likeness (QED) is 0.758. The Morgan fingerprint density at radius 2 is 1.38 bits per heavy atom. The fourth-order valence-corrected chi connectivity index (χ4v) is 3.60. The molecule has 124 valence electrons. The molecular weight excluding hydrogens is 264 g/mol. The molecule has 0 aromatic heterocycles. The van der Waals surface area contributed by atoms with Gasteiger partial charge in [0.05, 0.1) is 11.5 Å². The minimum Gasteiger partial charge on any atom is -0.481 e. The molecule has 1 aliphatic carbocycles. The van der Waals surface area contributed by atoms with Crippen molar-refractivity contribution < 1.29 is 15.0 Å². The molecule has 3 heteroatoms. The van der Waals surface area contributed by atoms with E-state index in [1.807, 2.05) is 0 Å². The molecule has 1 atom stereocenters. The molecule has 2 N–H and O–H groups in total. The van der Waals surface area contributed by atoms with Crippen molar-refractivity contribution in [1.82, 2.24) is 0 Å². The third-order valence-electron chi connectivity index (χ3n) is 5.01. The van der Waals surface area contributed by atoms with Crippen LogP contribution in [-0.2, 0) is 4.79 Å². The van der Waals surface area contributed by atoms with Gasteiger partial charge in [-0.2, -0.15) is 0 Å². The summed E-state index contributed by atoms with van der Waals surface area (Å²) in [6, 6.07) is 0. The van der Waals surface area contributed by atoms with Crippen LogP contribution in [0.3, 0.4) is 0 Å². The second-order valence-electron chi connectivity index (χ2n) is 6.82. The maximum Gasteiger partial charge on any atom is 0.309 e. The predicted octanol–water partition coefficient (Wildman–Crippen LogP) is 4.91. The van der Waals surface area contributed by atoms with E-state index in [0.717, 1.165) is 38.5 Å². The van der Waals surface area contributed by atoms with Gasteiger partial charge in [-0.3, -0.25) is 4.79 Å². The van der Waals surface area contributed by atoms with Gasteiger partial charge in [0, 0.05) is 0 Å². The second-order valence-corrected chi connectivity index (χ2v) is 6.82. The highest BCUT2D eigenvalue weighted by Crippen LogP contribution is 2.34. The Morgan fingerprint density at radius 3 is 1.76 bits per heavy atom. The molecule has 0 amide bonds. The average molecular weight is 298 g/mol. The Balaban J connectivity index is 2.69. The summed E-state index contributed by atoms with van der Waals surface area (Å²) < 4.78 is 0. The second kappa shape index (κ2) is 10.2. The van der Waals surface area contributed by atoms with Crippen molar-refractivity contribution in [3.8, 4) is 0 Å². The molecule has 0 aromatic carbocycles. The summed E-state index contributed by atoms with van der Waals surface area (Å²) in [6.45, 7) is 2.07. The van der Waals surface area contributed by atoms with E-state index in [9.17, 15) is 15.0 Å². The number of carboxylic acids is 1. The van der Waals surface area contributed by atoms with Gasteiger partial charge in [-0.05, 0) is 19.3 Å². The van der Waals surface area contributed by atoms with Gasteiger partial charge in [-0.1, -0.05) is 77.6 Å². The van der Waals surface area contributed by atoms with Crippen LogP contribution in [0, 0.1) is 5.92 Å². The van der Waals surface area contributed by atoms with E-state index < -0.39 is 17.5 Å². The first-order chi connectivity index (χ1) is 10.1. The van der Waals surface area contributed by atoms with Crippen LogP contribution < -0.4 is 0 Å². The van der Waals surface area contributed by atoms with Crippen LogP contribution in [0.1, 0.15) is 96.8 Å². The van der Waals surface area contributed by atoms with Crippen LogP contribution in [0.2, 0.25) is 0 Å². The molecule has 21 heavy (non-hydrogen) atoms. The van der Waals surface area contributed by atoms with Gasteiger partial charge in [0.25, 0.3) is 0 Å². The van der Waals surface area contributed by atoms with E-state index in [1.54, 1.807) is 0 Å². The van der Waals surface area contributed by atoms with E-state index in [0.29, 0.717) is 19.3 Å². The molecule has 0 radical (unpaired) electrons. The molecule has 0 aliphatic heterocycles. The monoisotopic (exact) mass is 298 g/mol. The molecule has 0 spiro atoms. The lowest BCUT2D eigenvalue weighted by Gasteiger charge is -2.34. The van der Waals surface area contributed by atoms with E-state index in [4.69, 9.17) is 0 Å². The van der Waals surface area contributed by atoms with E-state index in [1.165, 1.54) is 32.1 Å². The molecule has 1 saturated carbocycles. The van der Waals surface area contributed by atoms with Crippen LogP contribution in [0.4, 0.5) is 0 Å². The van der Waals surface area contributed by atoms with E-state index in [2.05, 4.69) is 6.92 Å². The molecule has 1 aliphatic rings. The normalized spacial score (nSPS) is 22.8. The predicted molar refractivity (Wildman–Crippen MR) is 86.4 cm³/mol. The maximum atomic E-state index is 11.6. The topological polar surface area (TPSA) is 57.5 Å². The minimum atomic E-state index is -0.986. The molecule has 1 unspecified atom stereocenters. The first kappa shape index (κ1) is 18.5. The minimum absolute atomic E-state index is 0.583. The molecule has 0 bridgehead atoms. The van der Waals surface area contributed by atoms with Crippen molar-refractivity contribution in [3.63, 3.8) is 0 Å². The zero-order chi connectivity index (χ0) is 15.6. The summed E-state index contributed by atoms with van der Waals surface area (Å²) in [5.74, 6) is -1.39. The van der Waals surface area contributed by atoms with Crippen molar-refractivity contribution in [1.29, 1.82) is 0 Å². The van der Waals surface area contributed by atoms with Crippen molar-refractivity contribution in [2.75, 3.05) is 0 Å². The Bertz CT molecular complexity index is 276. The Hall–Kier alpha value is -0.570. The standard InChI is InChI=1S/C18H34O3/c1-2-3-13-16(17(19)20)18(21)14-11-9-7-5-4-6-8-10-12-15-18/h16,21H,2-15H2,1H3,(H,19,20). The smallest absolute Gasteiger partial charge is 0.309 e. The Kier molecular flexibility index (Phi) is 8.98. The number of aliphatic hydroxyl groups is 1. The zero-order valence-corrected chi connectivity index (χ0v) is 13.8. The number of carbonyl (C=O) groups is 1. The van der Waals surface area contributed by atoms with Gasteiger partial charge >= 0.3 is 5.97 Å². The highest BCUT2D eigenvalue weighted by Gasteiger charge is 2.39. The number of rotatable bonds is 5. The SMILES string of the molecule is CCCCC(C(=O)O)C1(O)CCCCCCCCCCC1. The lowest BCUT2D eigenvalue weighted by molar-refractivity contribution is -0.154.